The van der Waals surface area contributed by atoms with E-state index in [9.17, 15) is 4.79 Å². The normalized spacial score (nSPS) is 10.2. The quantitative estimate of drug-likeness (QED) is 0.399. The van der Waals surface area contributed by atoms with Crippen LogP contribution in [0.15, 0.2) is 79.0 Å². The van der Waals surface area contributed by atoms with Crippen LogP contribution in [0.5, 0.6) is 5.75 Å². The number of aromatic nitrogens is 2. The Balaban J connectivity index is 0.00000256. The Morgan fingerprint density at radius 3 is 2.43 bits per heavy atom. The molecule has 0 bridgehead atoms. The minimum Gasteiger partial charge on any atom is -0.497 e. The Kier molecular flexibility index (Phi) is 6.54. The minimum atomic E-state index is -0.192. The lowest BCUT2D eigenvalue weighted by atomic mass is 10.1. The Labute approximate surface area is 180 Å². The lowest BCUT2D eigenvalue weighted by Gasteiger charge is -2.07. The molecule has 4 rings (SSSR count). The zero-order valence-corrected chi connectivity index (χ0v) is 16.4. The Morgan fingerprint density at radius 1 is 1.00 bits per heavy atom. The second-order valence-electron chi connectivity index (χ2n) is 6.42. The van der Waals surface area contributed by atoms with E-state index < -0.39 is 0 Å². The molecule has 0 atom stereocenters. The predicted molar refractivity (Wildman–Crippen MR) is 122 cm³/mol. The average Bonchev–Trinajstić information content (AvgIpc) is 3.25. The first kappa shape index (κ1) is 21.1. The lowest BCUT2D eigenvalue weighted by Crippen LogP contribution is -2.11. The molecule has 0 radical (unpaired) electrons. The number of hydrogen-bond donors (Lipinski definition) is 2. The molecule has 0 aliphatic heterocycles. The van der Waals surface area contributed by atoms with Gasteiger partial charge >= 0.3 is 0 Å². The maximum absolute atomic E-state index is 12.4. The minimum absolute atomic E-state index is 0. The largest absolute Gasteiger partial charge is 0.497 e. The number of hydrogen-bond acceptors (Lipinski definition) is 3. The van der Waals surface area contributed by atoms with Crippen LogP contribution in [0.2, 0.25) is 5.02 Å². The summed E-state index contributed by atoms with van der Waals surface area (Å²) in [5.74, 6) is 1.37. The van der Waals surface area contributed by atoms with Crippen molar-refractivity contribution < 1.29 is 9.53 Å². The van der Waals surface area contributed by atoms with E-state index in [1.54, 1.807) is 37.6 Å². The third-order valence-corrected chi connectivity index (χ3v) is 4.73. The van der Waals surface area contributed by atoms with Crippen LogP contribution in [0.1, 0.15) is 17.8 Å². The fraction of sp³-hybridized carbons (Fsp3) is 0.0833. The number of aromatic amines is 1. The third-order valence-electron chi connectivity index (χ3n) is 4.48. The lowest BCUT2D eigenvalue weighted by molar-refractivity contribution is 0.102. The number of carbonyl (C=O) groups is 1. The number of rotatable bonds is 5. The van der Waals surface area contributed by atoms with Gasteiger partial charge in [0.1, 0.15) is 11.6 Å². The molecule has 3 aromatic carbocycles. The number of nitrogens with zero attached hydrogens (tertiary/aromatic N) is 1. The van der Waals surface area contributed by atoms with E-state index in [4.69, 9.17) is 16.3 Å². The average molecular weight is 420 g/mol. The molecule has 1 heterocycles. The molecule has 0 unspecified atom stereocenters. The standard InChI is InChI=1S/C23H18ClN3O2.CH4/c1-29-20-11-7-15(8-12-20)22-25-14-21(27-22)17-3-2-4-19(13-17)26-23(28)16-5-9-18(24)10-6-16;/h2-14H,1H3,(H,25,27)(H,26,28);1H4. The summed E-state index contributed by atoms with van der Waals surface area (Å²) in [6.45, 7) is 0. The summed E-state index contributed by atoms with van der Waals surface area (Å²) in [6, 6.07) is 22.1. The van der Waals surface area contributed by atoms with Gasteiger partial charge in [0.2, 0.25) is 0 Å². The van der Waals surface area contributed by atoms with E-state index in [0.717, 1.165) is 28.4 Å². The van der Waals surface area contributed by atoms with E-state index in [1.807, 2.05) is 48.5 Å². The monoisotopic (exact) mass is 419 g/mol. The van der Waals surface area contributed by atoms with Crippen LogP contribution in [0, 0.1) is 0 Å². The highest BCUT2D eigenvalue weighted by atomic mass is 35.5. The summed E-state index contributed by atoms with van der Waals surface area (Å²) >= 11 is 5.88. The summed E-state index contributed by atoms with van der Waals surface area (Å²) in [7, 11) is 1.64. The van der Waals surface area contributed by atoms with Crippen LogP contribution < -0.4 is 10.1 Å². The molecule has 30 heavy (non-hydrogen) atoms. The van der Waals surface area contributed by atoms with Crippen molar-refractivity contribution in [2.45, 2.75) is 7.43 Å². The molecule has 152 valence electrons. The van der Waals surface area contributed by atoms with Crippen LogP contribution in [0.25, 0.3) is 22.6 Å². The fourth-order valence-corrected chi connectivity index (χ4v) is 3.06. The molecular formula is C24H22ClN3O2. The molecule has 1 amide bonds. The van der Waals surface area contributed by atoms with Crippen molar-refractivity contribution in [1.82, 2.24) is 9.97 Å². The highest BCUT2D eigenvalue weighted by molar-refractivity contribution is 6.30. The number of methoxy groups -OCH3 is 1. The van der Waals surface area contributed by atoms with Gasteiger partial charge in [0.15, 0.2) is 0 Å². The SMILES string of the molecule is C.COc1ccc(-c2ncc(-c3cccc(NC(=O)c4ccc(Cl)cc4)c3)[nH]2)cc1. The molecule has 0 saturated heterocycles. The van der Waals surface area contributed by atoms with Crippen molar-refractivity contribution in [2.75, 3.05) is 12.4 Å². The van der Waals surface area contributed by atoms with Gasteiger partial charge in [-0.2, -0.15) is 0 Å². The van der Waals surface area contributed by atoms with Crippen LogP contribution >= 0.6 is 11.6 Å². The number of carbonyl (C=O) groups excluding carboxylic acids is 1. The zero-order chi connectivity index (χ0) is 20.2. The van der Waals surface area contributed by atoms with Crippen LogP contribution in [-0.4, -0.2) is 23.0 Å². The molecule has 2 N–H and O–H groups in total. The van der Waals surface area contributed by atoms with Gasteiger partial charge in [-0.1, -0.05) is 31.2 Å². The first-order valence-corrected chi connectivity index (χ1v) is 9.37. The molecule has 0 saturated carbocycles. The number of anilines is 1. The summed E-state index contributed by atoms with van der Waals surface area (Å²) in [5.41, 5.74) is 3.99. The summed E-state index contributed by atoms with van der Waals surface area (Å²) in [5, 5.41) is 3.50. The summed E-state index contributed by atoms with van der Waals surface area (Å²) in [6.07, 6.45) is 1.78. The maximum atomic E-state index is 12.4. The zero-order valence-electron chi connectivity index (χ0n) is 15.6. The third kappa shape index (κ3) is 4.70. The molecular weight excluding hydrogens is 398 g/mol. The Morgan fingerprint density at radius 2 is 1.73 bits per heavy atom. The van der Waals surface area contributed by atoms with Crippen molar-refractivity contribution >= 4 is 23.2 Å². The second kappa shape index (κ2) is 9.29. The van der Waals surface area contributed by atoms with E-state index in [2.05, 4.69) is 15.3 Å². The van der Waals surface area contributed by atoms with Crippen LogP contribution in [0.3, 0.4) is 0 Å². The molecule has 0 aliphatic carbocycles. The van der Waals surface area contributed by atoms with Gasteiger partial charge in [0.25, 0.3) is 5.91 Å². The number of benzene rings is 3. The van der Waals surface area contributed by atoms with Crippen molar-refractivity contribution in [3.8, 4) is 28.4 Å². The van der Waals surface area contributed by atoms with E-state index in [1.165, 1.54) is 0 Å². The first-order valence-electron chi connectivity index (χ1n) is 8.99. The van der Waals surface area contributed by atoms with Gasteiger partial charge < -0.3 is 15.0 Å². The molecule has 4 aromatic rings. The number of amides is 1. The number of ether oxygens (including phenoxy) is 1. The fourth-order valence-electron chi connectivity index (χ4n) is 2.93. The number of H-pyrrole nitrogens is 1. The van der Waals surface area contributed by atoms with Crippen molar-refractivity contribution in [1.29, 1.82) is 0 Å². The number of halogens is 1. The van der Waals surface area contributed by atoms with E-state index in [0.29, 0.717) is 16.3 Å². The maximum Gasteiger partial charge on any atom is 0.255 e. The van der Waals surface area contributed by atoms with Crippen molar-refractivity contribution in [3.63, 3.8) is 0 Å². The second-order valence-corrected chi connectivity index (χ2v) is 6.85. The predicted octanol–water partition coefficient (Wildman–Crippen LogP) is 6.29. The van der Waals surface area contributed by atoms with E-state index in [-0.39, 0.29) is 13.3 Å². The molecule has 0 aliphatic rings. The molecule has 0 fully saturated rings. The molecule has 6 heteroatoms. The Bertz CT molecular complexity index is 1140. The highest BCUT2D eigenvalue weighted by Gasteiger charge is 2.09. The van der Waals surface area contributed by atoms with Gasteiger partial charge in [-0.05, 0) is 60.7 Å². The van der Waals surface area contributed by atoms with Crippen LogP contribution in [0.4, 0.5) is 5.69 Å². The Hall–Kier alpha value is -3.57. The van der Waals surface area contributed by atoms with Gasteiger partial charge in [-0.25, -0.2) is 4.98 Å². The smallest absolute Gasteiger partial charge is 0.255 e. The van der Waals surface area contributed by atoms with Crippen molar-refractivity contribution in [3.05, 3.63) is 89.6 Å². The van der Waals surface area contributed by atoms with Gasteiger partial charge in [-0.3, -0.25) is 4.79 Å². The van der Waals surface area contributed by atoms with Crippen molar-refractivity contribution in [2.24, 2.45) is 0 Å². The number of nitrogens with one attached hydrogen (secondary N) is 2. The van der Waals surface area contributed by atoms with Gasteiger partial charge in [0, 0.05) is 27.4 Å². The molecule has 0 spiro atoms. The highest BCUT2D eigenvalue weighted by Crippen LogP contribution is 2.25. The summed E-state index contributed by atoms with van der Waals surface area (Å²) in [4.78, 5) is 20.2. The topological polar surface area (TPSA) is 67.0 Å². The van der Waals surface area contributed by atoms with Crippen LogP contribution in [-0.2, 0) is 0 Å². The molecule has 1 aromatic heterocycles. The molecule has 5 nitrogen and oxygen atoms in total. The van der Waals surface area contributed by atoms with Gasteiger partial charge in [-0.15, -0.1) is 0 Å². The summed E-state index contributed by atoms with van der Waals surface area (Å²) < 4.78 is 5.19. The van der Waals surface area contributed by atoms with Gasteiger partial charge in [0.05, 0.1) is 19.0 Å². The number of imidazole rings is 1. The van der Waals surface area contributed by atoms with E-state index >= 15 is 0 Å². The first-order chi connectivity index (χ1) is 14.1.